The highest BCUT2D eigenvalue weighted by molar-refractivity contribution is 6.31. The molecule has 1 N–H and O–H groups in total. The Bertz CT molecular complexity index is 626. The molecule has 2 aromatic carbocycles. The molecule has 0 saturated carbocycles. The van der Waals surface area contributed by atoms with Gasteiger partial charge in [-0.3, -0.25) is 4.79 Å². The molecule has 2 aromatic rings. The van der Waals surface area contributed by atoms with Gasteiger partial charge in [0, 0.05) is 23.4 Å². The van der Waals surface area contributed by atoms with Crippen LogP contribution in [0.2, 0.25) is 5.02 Å². The fourth-order valence-corrected chi connectivity index (χ4v) is 2.06. The third-order valence-corrected chi connectivity index (χ3v) is 3.18. The summed E-state index contributed by atoms with van der Waals surface area (Å²) in [4.78, 5) is 12.2. The van der Waals surface area contributed by atoms with Crippen LogP contribution < -0.4 is 5.32 Å². The minimum atomic E-state index is -0.159. The smallest absolute Gasteiger partial charge is 0.255 e. The summed E-state index contributed by atoms with van der Waals surface area (Å²) in [7, 11) is 1.63. The summed E-state index contributed by atoms with van der Waals surface area (Å²) < 4.78 is 5.07. The van der Waals surface area contributed by atoms with Gasteiger partial charge in [0.2, 0.25) is 0 Å². The molecule has 0 heterocycles. The van der Waals surface area contributed by atoms with Crippen molar-refractivity contribution in [3.05, 3.63) is 64.2 Å². The van der Waals surface area contributed by atoms with E-state index < -0.39 is 0 Å². The Labute approximate surface area is 123 Å². The van der Waals surface area contributed by atoms with Gasteiger partial charge in [0.1, 0.15) is 0 Å². The highest BCUT2D eigenvalue weighted by atomic mass is 35.5. The number of halogens is 1. The van der Waals surface area contributed by atoms with Crippen molar-refractivity contribution in [3.8, 4) is 0 Å². The van der Waals surface area contributed by atoms with E-state index in [-0.39, 0.29) is 5.91 Å². The molecule has 20 heavy (non-hydrogen) atoms. The molecule has 104 valence electrons. The summed E-state index contributed by atoms with van der Waals surface area (Å²) in [5.41, 5.74) is 3.25. The van der Waals surface area contributed by atoms with Crippen LogP contribution in [-0.4, -0.2) is 13.0 Å². The van der Waals surface area contributed by atoms with E-state index in [9.17, 15) is 4.79 Å². The third-order valence-electron chi connectivity index (χ3n) is 2.95. The standard InChI is InChI=1S/C16H16ClNO2/c1-11-6-7-14(17)9-15(11)18-16(19)13-5-3-4-12(8-13)10-20-2/h3-9H,10H2,1-2H3,(H,18,19). The number of carbonyl (C=O) groups excluding carboxylic acids is 1. The fourth-order valence-electron chi connectivity index (χ4n) is 1.89. The topological polar surface area (TPSA) is 38.3 Å². The number of rotatable bonds is 4. The summed E-state index contributed by atoms with van der Waals surface area (Å²) >= 11 is 5.94. The van der Waals surface area contributed by atoms with E-state index in [4.69, 9.17) is 16.3 Å². The minimum absolute atomic E-state index is 0.159. The quantitative estimate of drug-likeness (QED) is 0.922. The van der Waals surface area contributed by atoms with Crippen molar-refractivity contribution in [1.82, 2.24) is 0 Å². The van der Waals surface area contributed by atoms with Gasteiger partial charge in [0.25, 0.3) is 5.91 Å². The first kappa shape index (κ1) is 14.6. The first-order valence-corrected chi connectivity index (χ1v) is 6.63. The minimum Gasteiger partial charge on any atom is -0.380 e. The maximum atomic E-state index is 12.2. The number of nitrogens with one attached hydrogen (secondary N) is 1. The average molecular weight is 290 g/mol. The second kappa shape index (κ2) is 6.55. The zero-order valence-electron chi connectivity index (χ0n) is 11.4. The molecule has 0 radical (unpaired) electrons. The van der Waals surface area contributed by atoms with Crippen LogP contribution in [0.5, 0.6) is 0 Å². The van der Waals surface area contributed by atoms with Gasteiger partial charge in [0.15, 0.2) is 0 Å². The lowest BCUT2D eigenvalue weighted by molar-refractivity contribution is 0.102. The van der Waals surface area contributed by atoms with Crippen LogP contribution in [0.15, 0.2) is 42.5 Å². The van der Waals surface area contributed by atoms with Crippen LogP contribution in [0.3, 0.4) is 0 Å². The zero-order chi connectivity index (χ0) is 14.5. The van der Waals surface area contributed by atoms with E-state index >= 15 is 0 Å². The van der Waals surface area contributed by atoms with E-state index in [1.807, 2.05) is 31.2 Å². The largest absolute Gasteiger partial charge is 0.380 e. The van der Waals surface area contributed by atoms with Gasteiger partial charge in [0.05, 0.1) is 6.61 Å². The molecule has 4 heteroatoms. The lowest BCUT2D eigenvalue weighted by atomic mass is 10.1. The molecule has 3 nitrogen and oxygen atoms in total. The molecule has 0 aliphatic heterocycles. The van der Waals surface area contributed by atoms with Gasteiger partial charge in [-0.25, -0.2) is 0 Å². The van der Waals surface area contributed by atoms with Crippen molar-refractivity contribution in [2.75, 3.05) is 12.4 Å². The van der Waals surface area contributed by atoms with Crippen molar-refractivity contribution >= 4 is 23.2 Å². The number of anilines is 1. The van der Waals surface area contributed by atoms with Crippen LogP contribution in [0.4, 0.5) is 5.69 Å². The molecule has 0 unspecified atom stereocenters. The summed E-state index contributed by atoms with van der Waals surface area (Å²) in [6, 6.07) is 12.8. The van der Waals surface area contributed by atoms with E-state index in [0.29, 0.717) is 17.2 Å². The van der Waals surface area contributed by atoms with E-state index in [2.05, 4.69) is 5.32 Å². The Morgan fingerprint density at radius 2 is 2.05 bits per heavy atom. The maximum absolute atomic E-state index is 12.2. The molecule has 0 bridgehead atoms. The van der Waals surface area contributed by atoms with Gasteiger partial charge >= 0.3 is 0 Å². The zero-order valence-corrected chi connectivity index (χ0v) is 12.2. The van der Waals surface area contributed by atoms with E-state index in [1.54, 1.807) is 25.3 Å². The van der Waals surface area contributed by atoms with Gasteiger partial charge in [-0.05, 0) is 42.3 Å². The van der Waals surface area contributed by atoms with Crippen molar-refractivity contribution in [1.29, 1.82) is 0 Å². The third kappa shape index (κ3) is 3.59. The van der Waals surface area contributed by atoms with Gasteiger partial charge in [-0.15, -0.1) is 0 Å². The molecule has 0 fully saturated rings. The molecule has 0 aliphatic carbocycles. The number of methoxy groups -OCH3 is 1. The summed E-state index contributed by atoms with van der Waals surface area (Å²) in [5.74, 6) is -0.159. The summed E-state index contributed by atoms with van der Waals surface area (Å²) in [5, 5.41) is 3.47. The Hall–Kier alpha value is -1.84. The van der Waals surface area contributed by atoms with Crippen LogP contribution in [0.25, 0.3) is 0 Å². The first-order chi connectivity index (χ1) is 9.60. The number of aryl methyl sites for hydroxylation is 1. The lowest BCUT2D eigenvalue weighted by Gasteiger charge is -2.09. The molecule has 0 aromatic heterocycles. The number of ether oxygens (including phenoxy) is 1. The summed E-state index contributed by atoms with van der Waals surface area (Å²) in [6.45, 7) is 2.41. The van der Waals surface area contributed by atoms with Crippen molar-refractivity contribution in [2.45, 2.75) is 13.5 Å². The average Bonchev–Trinajstić information content (AvgIpc) is 2.43. The van der Waals surface area contributed by atoms with Gasteiger partial charge in [-0.2, -0.15) is 0 Å². The second-order valence-electron chi connectivity index (χ2n) is 4.55. The van der Waals surface area contributed by atoms with E-state index in [0.717, 1.165) is 16.8 Å². The van der Waals surface area contributed by atoms with Crippen LogP contribution in [0.1, 0.15) is 21.5 Å². The van der Waals surface area contributed by atoms with Crippen LogP contribution in [0, 0.1) is 6.92 Å². The highest BCUT2D eigenvalue weighted by Crippen LogP contribution is 2.21. The van der Waals surface area contributed by atoms with Crippen LogP contribution >= 0.6 is 11.6 Å². The van der Waals surface area contributed by atoms with Crippen LogP contribution in [-0.2, 0) is 11.3 Å². The predicted molar refractivity (Wildman–Crippen MR) is 81.3 cm³/mol. The highest BCUT2D eigenvalue weighted by Gasteiger charge is 2.08. The molecule has 0 spiro atoms. The van der Waals surface area contributed by atoms with Crippen molar-refractivity contribution < 1.29 is 9.53 Å². The molecular weight excluding hydrogens is 274 g/mol. The Balaban J connectivity index is 2.19. The van der Waals surface area contributed by atoms with Gasteiger partial charge < -0.3 is 10.1 Å². The predicted octanol–water partition coefficient (Wildman–Crippen LogP) is 4.05. The Morgan fingerprint density at radius 1 is 1.25 bits per heavy atom. The van der Waals surface area contributed by atoms with Crippen molar-refractivity contribution in [3.63, 3.8) is 0 Å². The molecular formula is C16H16ClNO2. The number of hydrogen-bond donors (Lipinski definition) is 1. The first-order valence-electron chi connectivity index (χ1n) is 6.25. The SMILES string of the molecule is COCc1cccc(C(=O)Nc2cc(Cl)ccc2C)c1. The number of benzene rings is 2. The number of carbonyl (C=O) groups is 1. The monoisotopic (exact) mass is 289 g/mol. The molecule has 0 aliphatic rings. The molecule has 0 saturated heterocycles. The Morgan fingerprint density at radius 3 is 2.80 bits per heavy atom. The maximum Gasteiger partial charge on any atom is 0.255 e. The van der Waals surface area contributed by atoms with Crippen molar-refractivity contribution in [2.24, 2.45) is 0 Å². The normalized spacial score (nSPS) is 10.3. The number of amides is 1. The molecule has 2 rings (SSSR count). The van der Waals surface area contributed by atoms with Gasteiger partial charge in [-0.1, -0.05) is 29.8 Å². The fraction of sp³-hybridized carbons (Fsp3) is 0.188. The second-order valence-corrected chi connectivity index (χ2v) is 4.98. The molecule has 1 amide bonds. The number of hydrogen-bond acceptors (Lipinski definition) is 2. The molecule has 0 atom stereocenters. The van der Waals surface area contributed by atoms with E-state index in [1.165, 1.54) is 0 Å². The summed E-state index contributed by atoms with van der Waals surface area (Å²) in [6.07, 6.45) is 0. The Kier molecular flexibility index (Phi) is 4.77. The lowest BCUT2D eigenvalue weighted by Crippen LogP contribution is -2.13.